The van der Waals surface area contributed by atoms with Crippen molar-refractivity contribution < 1.29 is 0 Å². The molecule has 1 N–H and O–H groups in total. The summed E-state index contributed by atoms with van der Waals surface area (Å²) in [6, 6.07) is 11.1. The summed E-state index contributed by atoms with van der Waals surface area (Å²) >= 11 is 24.4. The predicted octanol–water partition coefficient (Wildman–Crippen LogP) is 6.86. The molecule has 1 unspecified atom stereocenters. The molecule has 0 radical (unpaired) electrons. The first-order valence-corrected chi connectivity index (χ1v) is 7.69. The second-order valence-electron chi connectivity index (χ2n) is 4.38. The van der Waals surface area contributed by atoms with Crippen LogP contribution in [0.1, 0.15) is 24.9 Å². The van der Waals surface area contributed by atoms with Crippen LogP contribution in [0.25, 0.3) is 0 Å². The Morgan fingerprint density at radius 3 is 2.10 bits per heavy atom. The molecule has 2 rings (SSSR count). The highest BCUT2D eigenvalue weighted by atomic mass is 35.5. The summed E-state index contributed by atoms with van der Waals surface area (Å²) < 4.78 is 0. The number of nitrogens with one attached hydrogen (secondary N) is 1. The summed E-state index contributed by atoms with van der Waals surface area (Å²) in [7, 11) is 0. The summed E-state index contributed by atoms with van der Waals surface area (Å²) in [6.45, 7) is 2.07. The van der Waals surface area contributed by atoms with E-state index < -0.39 is 0 Å². The average Bonchev–Trinajstić information content (AvgIpc) is 2.42. The minimum atomic E-state index is 0.0576. The fraction of sp³-hybridized carbons (Fsp3) is 0.200. The zero-order chi connectivity index (χ0) is 14.7. The molecule has 0 aliphatic carbocycles. The second-order valence-corrected chi connectivity index (χ2v) is 6.00. The zero-order valence-corrected chi connectivity index (χ0v) is 13.8. The van der Waals surface area contributed by atoms with Crippen LogP contribution in [0.5, 0.6) is 0 Å². The summed E-state index contributed by atoms with van der Waals surface area (Å²) in [5.41, 5.74) is 1.77. The first-order valence-electron chi connectivity index (χ1n) is 6.18. The summed E-state index contributed by atoms with van der Waals surface area (Å²) in [5, 5.41) is 5.63. The van der Waals surface area contributed by atoms with Crippen molar-refractivity contribution in [2.45, 2.75) is 19.4 Å². The van der Waals surface area contributed by atoms with E-state index in [0.717, 1.165) is 17.7 Å². The van der Waals surface area contributed by atoms with E-state index in [1.807, 2.05) is 18.2 Å². The van der Waals surface area contributed by atoms with Gasteiger partial charge in [-0.15, -0.1) is 0 Å². The maximum Gasteiger partial charge on any atom is 0.0723 e. The van der Waals surface area contributed by atoms with E-state index in [1.165, 1.54) is 0 Å². The number of halogens is 4. The van der Waals surface area contributed by atoms with Gasteiger partial charge in [-0.25, -0.2) is 0 Å². The molecule has 0 saturated carbocycles. The number of hydrogen-bond donors (Lipinski definition) is 1. The molecule has 0 aromatic heterocycles. The Labute approximate surface area is 138 Å². The molecular formula is C15H13Cl4N. The quantitative estimate of drug-likeness (QED) is 0.636. The Hall–Kier alpha value is -0.600. The maximum atomic E-state index is 6.18. The van der Waals surface area contributed by atoms with Gasteiger partial charge >= 0.3 is 0 Å². The van der Waals surface area contributed by atoms with Crippen LogP contribution in [0.3, 0.4) is 0 Å². The molecule has 2 aromatic rings. The molecule has 0 bridgehead atoms. The van der Waals surface area contributed by atoms with Crippen molar-refractivity contribution in [3.63, 3.8) is 0 Å². The minimum Gasteiger partial charge on any atom is -0.376 e. The van der Waals surface area contributed by atoms with Crippen molar-refractivity contribution in [1.29, 1.82) is 0 Å². The third-order valence-corrected chi connectivity index (χ3v) is 4.40. The van der Waals surface area contributed by atoms with E-state index in [-0.39, 0.29) is 6.04 Å². The molecule has 0 spiro atoms. The highest BCUT2D eigenvalue weighted by molar-refractivity contribution is 6.42. The number of anilines is 1. The lowest BCUT2D eigenvalue weighted by Crippen LogP contribution is -2.10. The molecular weight excluding hydrogens is 336 g/mol. The Kier molecular flexibility index (Phi) is 5.45. The lowest BCUT2D eigenvalue weighted by molar-refractivity contribution is 0.749. The first-order chi connectivity index (χ1) is 9.52. The van der Waals surface area contributed by atoms with Gasteiger partial charge < -0.3 is 5.32 Å². The molecule has 5 heteroatoms. The molecule has 0 saturated heterocycles. The van der Waals surface area contributed by atoms with Crippen molar-refractivity contribution in [3.05, 3.63) is 62.1 Å². The molecule has 0 heterocycles. The molecule has 106 valence electrons. The largest absolute Gasteiger partial charge is 0.376 e. The van der Waals surface area contributed by atoms with Gasteiger partial charge in [0.05, 0.1) is 31.8 Å². The van der Waals surface area contributed by atoms with Gasteiger partial charge in [0.2, 0.25) is 0 Å². The Bertz CT molecular complexity index is 593. The Morgan fingerprint density at radius 1 is 0.900 bits per heavy atom. The fourth-order valence-electron chi connectivity index (χ4n) is 1.96. The van der Waals surface area contributed by atoms with E-state index in [0.29, 0.717) is 20.1 Å². The topological polar surface area (TPSA) is 12.0 Å². The lowest BCUT2D eigenvalue weighted by Gasteiger charge is -2.21. The van der Waals surface area contributed by atoms with Gasteiger partial charge in [0, 0.05) is 0 Å². The monoisotopic (exact) mass is 347 g/mol. The van der Waals surface area contributed by atoms with Gasteiger partial charge in [-0.1, -0.05) is 65.5 Å². The molecule has 0 fully saturated rings. The Balaban J connectivity index is 2.31. The molecule has 0 amide bonds. The molecule has 0 aliphatic heterocycles. The summed E-state index contributed by atoms with van der Waals surface area (Å²) in [6.07, 6.45) is 0.861. The van der Waals surface area contributed by atoms with Crippen molar-refractivity contribution in [2.75, 3.05) is 5.32 Å². The molecule has 0 aliphatic rings. The van der Waals surface area contributed by atoms with Crippen LogP contribution < -0.4 is 5.32 Å². The normalized spacial score (nSPS) is 12.2. The number of benzene rings is 2. The van der Waals surface area contributed by atoms with Crippen LogP contribution in [0.2, 0.25) is 20.1 Å². The second kappa shape index (κ2) is 6.91. The van der Waals surface area contributed by atoms with Gasteiger partial charge in [0.1, 0.15) is 0 Å². The standard InChI is InChI=1S/C15H13Cl4N/c1-2-14(9-6-7-10(16)13(19)8-9)20-15-11(17)4-3-5-12(15)18/h3-8,14,20H,2H2,1H3. The van der Waals surface area contributed by atoms with E-state index in [4.69, 9.17) is 46.4 Å². The van der Waals surface area contributed by atoms with E-state index in [2.05, 4.69) is 12.2 Å². The van der Waals surface area contributed by atoms with E-state index in [1.54, 1.807) is 18.2 Å². The molecule has 1 atom stereocenters. The van der Waals surface area contributed by atoms with E-state index in [9.17, 15) is 0 Å². The molecule has 1 nitrogen and oxygen atoms in total. The average molecular weight is 349 g/mol. The number of hydrogen-bond acceptors (Lipinski definition) is 1. The van der Waals surface area contributed by atoms with Crippen LogP contribution in [-0.2, 0) is 0 Å². The van der Waals surface area contributed by atoms with Gasteiger partial charge in [0.25, 0.3) is 0 Å². The lowest BCUT2D eigenvalue weighted by atomic mass is 10.0. The maximum absolute atomic E-state index is 6.18. The molecule has 20 heavy (non-hydrogen) atoms. The highest BCUT2D eigenvalue weighted by Gasteiger charge is 2.14. The van der Waals surface area contributed by atoms with Crippen molar-refractivity contribution in [1.82, 2.24) is 0 Å². The predicted molar refractivity (Wildman–Crippen MR) is 89.6 cm³/mol. The van der Waals surface area contributed by atoms with Crippen molar-refractivity contribution in [3.8, 4) is 0 Å². The van der Waals surface area contributed by atoms with Gasteiger partial charge in [-0.3, -0.25) is 0 Å². The number of rotatable bonds is 4. The summed E-state index contributed by atoms with van der Waals surface area (Å²) in [4.78, 5) is 0. The van der Waals surface area contributed by atoms with E-state index >= 15 is 0 Å². The van der Waals surface area contributed by atoms with Crippen molar-refractivity contribution in [2.24, 2.45) is 0 Å². The Morgan fingerprint density at radius 2 is 1.55 bits per heavy atom. The van der Waals surface area contributed by atoms with Crippen LogP contribution in [0, 0.1) is 0 Å². The highest BCUT2D eigenvalue weighted by Crippen LogP contribution is 2.35. The van der Waals surface area contributed by atoms with Gasteiger partial charge in [0.15, 0.2) is 0 Å². The third-order valence-electron chi connectivity index (χ3n) is 3.04. The van der Waals surface area contributed by atoms with Crippen molar-refractivity contribution >= 4 is 52.1 Å². The van der Waals surface area contributed by atoms with Crippen LogP contribution in [-0.4, -0.2) is 0 Å². The SMILES string of the molecule is CCC(Nc1c(Cl)cccc1Cl)c1ccc(Cl)c(Cl)c1. The van der Waals surface area contributed by atoms with Gasteiger partial charge in [-0.05, 0) is 36.2 Å². The third kappa shape index (κ3) is 3.53. The van der Waals surface area contributed by atoms with Crippen LogP contribution in [0.4, 0.5) is 5.69 Å². The number of para-hydroxylation sites is 1. The van der Waals surface area contributed by atoms with Crippen LogP contribution in [0.15, 0.2) is 36.4 Å². The summed E-state index contributed by atoms with van der Waals surface area (Å²) in [5.74, 6) is 0. The first kappa shape index (κ1) is 15.8. The van der Waals surface area contributed by atoms with Crippen LogP contribution >= 0.6 is 46.4 Å². The fourth-order valence-corrected chi connectivity index (χ4v) is 2.77. The molecule has 2 aromatic carbocycles. The minimum absolute atomic E-state index is 0.0576. The zero-order valence-electron chi connectivity index (χ0n) is 10.8. The smallest absolute Gasteiger partial charge is 0.0723 e. The van der Waals surface area contributed by atoms with Gasteiger partial charge in [-0.2, -0.15) is 0 Å².